The first-order chi connectivity index (χ1) is 9.22. The predicted molar refractivity (Wildman–Crippen MR) is 78.0 cm³/mol. The summed E-state index contributed by atoms with van der Waals surface area (Å²) < 4.78 is 5.22. The standard InChI is InChI=1S/C14H19Cl2NO2/c15-10-8-12-11(13(16)9-10)2-3-14(12)17-4-1-6-19-7-5-18/h8-9,14,17-18H,1-7H2. The van der Waals surface area contributed by atoms with E-state index in [-0.39, 0.29) is 6.61 Å². The van der Waals surface area contributed by atoms with Gasteiger partial charge in [-0.3, -0.25) is 0 Å². The molecule has 1 aromatic carbocycles. The highest BCUT2D eigenvalue weighted by Gasteiger charge is 2.24. The Bertz CT molecular complexity index is 426. The molecule has 1 aliphatic rings. The number of aliphatic hydroxyl groups excluding tert-OH is 1. The van der Waals surface area contributed by atoms with Gasteiger partial charge in [0.2, 0.25) is 0 Å². The Kier molecular flexibility index (Phi) is 5.92. The van der Waals surface area contributed by atoms with E-state index in [0.29, 0.717) is 24.3 Å². The van der Waals surface area contributed by atoms with Crippen molar-refractivity contribution in [3.8, 4) is 0 Å². The molecule has 0 spiro atoms. The molecular weight excluding hydrogens is 285 g/mol. The molecule has 2 rings (SSSR count). The van der Waals surface area contributed by atoms with Crippen molar-refractivity contribution in [3.63, 3.8) is 0 Å². The summed E-state index contributed by atoms with van der Waals surface area (Å²) in [6, 6.07) is 4.16. The molecule has 0 amide bonds. The van der Waals surface area contributed by atoms with Gasteiger partial charge in [0, 0.05) is 22.7 Å². The van der Waals surface area contributed by atoms with Crippen LogP contribution in [0.5, 0.6) is 0 Å². The second kappa shape index (κ2) is 7.46. The van der Waals surface area contributed by atoms with Crippen LogP contribution in [0.3, 0.4) is 0 Å². The zero-order valence-corrected chi connectivity index (χ0v) is 12.3. The fourth-order valence-electron chi connectivity index (χ4n) is 2.47. The summed E-state index contributed by atoms with van der Waals surface area (Å²) >= 11 is 12.3. The first-order valence-electron chi connectivity index (χ1n) is 6.62. The maximum atomic E-state index is 8.59. The van der Waals surface area contributed by atoms with Crippen LogP contribution in [-0.4, -0.2) is 31.5 Å². The monoisotopic (exact) mass is 303 g/mol. The average Bonchev–Trinajstić information content (AvgIpc) is 2.77. The normalized spacial score (nSPS) is 17.7. The number of nitrogens with one attached hydrogen (secondary N) is 1. The average molecular weight is 304 g/mol. The lowest BCUT2D eigenvalue weighted by Gasteiger charge is -2.14. The third kappa shape index (κ3) is 4.07. The molecule has 5 heteroatoms. The second-order valence-electron chi connectivity index (χ2n) is 4.69. The summed E-state index contributed by atoms with van der Waals surface area (Å²) in [6.45, 7) is 2.06. The first-order valence-corrected chi connectivity index (χ1v) is 7.37. The molecule has 0 saturated heterocycles. The molecule has 19 heavy (non-hydrogen) atoms. The van der Waals surface area contributed by atoms with Crippen molar-refractivity contribution in [2.45, 2.75) is 25.3 Å². The Labute approximate surface area is 123 Å². The van der Waals surface area contributed by atoms with Crippen LogP contribution in [0, 0.1) is 0 Å². The van der Waals surface area contributed by atoms with E-state index < -0.39 is 0 Å². The van der Waals surface area contributed by atoms with Gasteiger partial charge in [-0.2, -0.15) is 0 Å². The number of halogens is 2. The molecule has 1 unspecified atom stereocenters. The summed E-state index contributed by atoms with van der Waals surface area (Å²) in [5, 5.41) is 13.6. The van der Waals surface area contributed by atoms with Gasteiger partial charge in [0.25, 0.3) is 0 Å². The molecule has 0 radical (unpaired) electrons. The van der Waals surface area contributed by atoms with Crippen molar-refractivity contribution < 1.29 is 9.84 Å². The lowest BCUT2D eigenvalue weighted by Crippen LogP contribution is -2.21. The molecular formula is C14H19Cl2NO2. The zero-order valence-electron chi connectivity index (χ0n) is 10.8. The second-order valence-corrected chi connectivity index (χ2v) is 5.53. The number of aliphatic hydroxyl groups is 1. The largest absolute Gasteiger partial charge is 0.394 e. The number of ether oxygens (including phenoxy) is 1. The van der Waals surface area contributed by atoms with Gasteiger partial charge in [0.1, 0.15) is 0 Å². The van der Waals surface area contributed by atoms with Crippen LogP contribution in [0.4, 0.5) is 0 Å². The van der Waals surface area contributed by atoms with Crippen LogP contribution >= 0.6 is 23.2 Å². The highest BCUT2D eigenvalue weighted by atomic mass is 35.5. The van der Waals surface area contributed by atoms with E-state index >= 15 is 0 Å². The Hall–Kier alpha value is -0.320. The van der Waals surface area contributed by atoms with Crippen molar-refractivity contribution >= 4 is 23.2 Å². The van der Waals surface area contributed by atoms with Crippen LogP contribution in [0.2, 0.25) is 10.0 Å². The van der Waals surface area contributed by atoms with Gasteiger partial charge in [0.05, 0.1) is 13.2 Å². The van der Waals surface area contributed by atoms with E-state index in [1.807, 2.05) is 12.1 Å². The fraction of sp³-hybridized carbons (Fsp3) is 0.571. The van der Waals surface area contributed by atoms with E-state index in [0.717, 1.165) is 30.8 Å². The SMILES string of the molecule is OCCOCCCNC1CCc2c(Cl)cc(Cl)cc21. The van der Waals surface area contributed by atoms with Crippen molar-refractivity contribution in [1.82, 2.24) is 5.32 Å². The van der Waals surface area contributed by atoms with E-state index in [1.54, 1.807) is 0 Å². The molecule has 1 aliphatic carbocycles. The maximum absolute atomic E-state index is 8.59. The lowest BCUT2D eigenvalue weighted by atomic mass is 10.1. The number of benzene rings is 1. The molecule has 0 aromatic heterocycles. The molecule has 1 atom stereocenters. The third-order valence-corrected chi connectivity index (χ3v) is 3.90. The van der Waals surface area contributed by atoms with Crippen molar-refractivity contribution in [3.05, 3.63) is 33.3 Å². The van der Waals surface area contributed by atoms with Gasteiger partial charge in [-0.05, 0) is 49.1 Å². The minimum absolute atomic E-state index is 0.0838. The van der Waals surface area contributed by atoms with Crippen LogP contribution in [0.25, 0.3) is 0 Å². The van der Waals surface area contributed by atoms with Crippen LogP contribution in [-0.2, 0) is 11.2 Å². The predicted octanol–water partition coefficient (Wildman–Crippen LogP) is 2.97. The molecule has 3 nitrogen and oxygen atoms in total. The van der Waals surface area contributed by atoms with Gasteiger partial charge in [-0.25, -0.2) is 0 Å². The molecule has 0 fully saturated rings. The van der Waals surface area contributed by atoms with Crippen molar-refractivity contribution in [2.24, 2.45) is 0 Å². The Morgan fingerprint density at radius 3 is 2.95 bits per heavy atom. The van der Waals surface area contributed by atoms with Gasteiger partial charge < -0.3 is 15.2 Å². The van der Waals surface area contributed by atoms with Crippen molar-refractivity contribution in [2.75, 3.05) is 26.4 Å². The van der Waals surface area contributed by atoms with Crippen LogP contribution in [0.15, 0.2) is 12.1 Å². The van der Waals surface area contributed by atoms with E-state index in [1.165, 1.54) is 11.1 Å². The minimum atomic E-state index is 0.0838. The molecule has 0 heterocycles. The quantitative estimate of drug-likeness (QED) is 0.761. The van der Waals surface area contributed by atoms with Gasteiger partial charge in [-0.1, -0.05) is 23.2 Å². The fourth-order valence-corrected chi connectivity index (χ4v) is 3.08. The van der Waals surface area contributed by atoms with Crippen LogP contribution < -0.4 is 5.32 Å². The molecule has 0 bridgehead atoms. The first kappa shape index (κ1) is 15.1. The third-order valence-electron chi connectivity index (χ3n) is 3.34. The van der Waals surface area contributed by atoms with E-state index in [9.17, 15) is 0 Å². The summed E-state index contributed by atoms with van der Waals surface area (Å²) in [5.41, 5.74) is 2.45. The number of hydrogen-bond donors (Lipinski definition) is 2. The smallest absolute Gasteiger partial charge is 0.0697 e. The summed E-state index contributed by atoms with van der Waals surface area (Å²) in [5.74, 6) is 0. The lowest BCUT2D eigenvalue weighted by molar-refractivity contribution is 0.0904. The summed E-state index contributed by atoms with van der Waals surface area (Å²) in [7, 11) is 0. The number of hydrogen-bond acceptors (Lipinski definition) is 3. The van der Waals surface area contributed by atoms with E-state index in [2.05, 4.69) is 5.32 Å². The Morgan fingerprint density at radius 2 is 2.16 bits per heavy atom. The Morgan fingerprint density at radius 1 is 1.32 bits per heavy atom. The molecule has 0 aliphatic heterocycles. The van der Waals surface area contributed by atoms with Gasteiger partial charge in [-0.15, -0.1) is 0 Å². The Balaban J connectivity index is 1.82. The maximum Gasteiger partial charge on any atom is 0.0697 e. The van der Waals surface area contributed by atoms with Crippen LogP contribution in [0.1, 0.15) is 30.0 Å². The summed E-state index contributed by atoms with van der Waals surface area (Å²) in [6.07, 6.45) is 3.00. The van der Waals surface area contributed by atoms with Crippen molar-refractivity contribution in [1.29, 1.82) is 0 Å². The minimum Gasteiger partial charge on any atom is -0.394 e. The molecule has 106 valence electrons. The molecule has 1 aromatic rings. The number of rotatable bonds is 7. The topological polar surface area (TPSA) is 41.5 Å². The number of fused-ring (bicyclic) bond motifs is 1. The summed E-state index contributed by atoms with van der Waals surface area (Å²) in [4.78, 5) is 0. The van der Waals surface area contributed by atoms with E-state index in [4.69, 9.17) is 33.0 Å². The zero-order chi connectivity index (χ0) is 13.7. The van der Waals surface area contributed by atoms with Gasteiger partial charge in [0.15, 0.2) is 0 Å². The highest BCUT2D eigenvalue weighted by Crippen LogP contribution is 2.37. The molecule has 0 saturated carbocycles. The van der Waals surface area contributed by atoms with Gasteiger partial charge >= 0.3 is 0 Å². The molecule has 2 N–H and O–H groups in total. The highest BCUT2D eigenvalue weighted by molar-refractivity contribution is 6.35.